The lowest BCUT2D eigenvalue weighted by Gasteiger charge is -2.05. The molecule has 0 aliphatic heterocycles. The fourth-order valence-corrected chi connectivity index (χ4v) is 3.49. The van der Waals surface area contributed by atoms with Gasteiger partial charge in [-0.05, 0) is 25.0 Å². The molecule has 4 rings (SSSR count). The molecule has 0 fully saturated rings. The summed E-state index contributed by atoms with van der Waals surface area (Å²) in [6.07, 6.45) is 5.43. The normalized spacial score (nSPS) is 10.9. The first-order valence-corrected chi connectivity index (χ1v) is 11.0. The summed E-state index contributed by atoms with van der Waals surface area (Å²) in [6.45, 7) is 2.49. The van der Waals surface area contributed by atoms with Crippen molar-refractivity contribution in [3.63, 3.8) is 0 Å². The van der Waals surface area contributed by atoms with Crippen molar-refractivity contribution < 1.29 is 9.32 Å². The van der Waals surface area contributed by atoms with Crippen LogP contribution in [0, 0.1) is 0 Å². The Kier molecular flexibility index (Phi) is 7.07. The number of rotatable bonds is 10. The molecule has 2 aromatic carbocycles. The van der Waals surface area contributed by atoms with Crippen LogP contribution in [-0.4, -0.2) is 25.8 Å². The molecule has 32 heavy (non-hydrogen) atoms. The fourth-order valence-electron chi connectivity index (χ4n) is 3.49. The fraction of sp³-hybridized carbons (Fsp3) is 0.280. The van der Waals surface area contributed by atoms with E-state index in [-0.39, 0.29) is 5.91 Å². The molecule has 2 aromatic heterocycles. The van der Waals surface area contributed by atoms with E-state index in [2.05, 4.69) is 22.4 Å². The Hall–Kier alpha value is -3.74. The highest BCUT2D eigenvalue weighted by molar-refractivity contribution is 5.76. The molecule has 0 radical (unpaired) electrons. The molecule has 0 unspecified atom stereocenters. The number of aryl methyl sites for hydroxylation is 2. The predicted octanol–water partition coefficient (Wildman–Crippen LogP) is 4.51. The van der Waals surface area contributed by atoms with Gasteiger partial charge in [0, 0.05) is 43.1 Å². The van der Waals surface area contributed by atoms with Gasteiger partial charge in [0.2, 0.25) is 11.8 Å². The van der Waals surface area contributed by atoms with E-state index in [9.17, 15) is 4.79 Å². The zero-order chi connectivity index (χ0) is 22.2. The summed E-state index contributed by atoms with van der Waals surface area (Å²) in [4.78, 5) is 16.8. The standard InChI is InChI=1S/C25H27N5O2/c1-2-10-22-27-24(32-29-22)16-9-15-23(31)26-17-20-18-30(21-13-7-4-8-14-21)28-25(20)19-11-5-3-6-12-19/h3-8,11-14,18H,2,9-10,15-17H2,1H3,(H,26,31). The van der Waals surface area contributed by atoms with Crippen molar-refractivity contribution in [2.75, 3.05) is 0 Å². The Balaban J connectivity index is 1.38. The number of para-hydroxylation sites is 1. The molecule has 0 atom stereocenters. The van der Waals surface area contributed by atoms with E-state index >= 15 is 0 Å². The summed E-state index contributed by atoms with van der Waals surface area (Å²) in [6, 6.07) is 20.0. The van der Waals surface area contributed by atoms with Gasteiger partial charge in [-0.25, -0.2) is 4.68 Å². The number of benzene rings is 2. The molecule has 0 aliphatic carbocycles. The highest BCUT2D eigenvalue weighted by Crippen LogP contribution is 2.23. The van der Waals surface area contributed by atoms with E-state index in [1.807, 2.05) is 71.5 Å². The summed E-state index contributed by atoms with van der Waals surface area (Å²) in [5.74, 6) is 1.32. The average Bonchev–Trinajstić information content (AvgIpc) is 3.46. The first kappa shape index (κ1) is 21.5. The zero-order valence-corrected chi connectivity index (χ0v) is 18.2. The van der Waals surface area contributed by atoms with Crippen molar-refractivity contribution in [1.29, 1.82) is 0 Å². The highest BCUT2D eigenvalue weighted by atomic mass is 16.5. The molecule has 1 amide bonds. The van der Waals surface area contributed by atoms with Crippen molar-refractivity contribution in [2.24, 2.45) is 0 Å². The number of aromatic nitrogens is 4. The maximum Gasteiger partial charge on any atom is 0.226 e. The van der Waals surface area contributed by atoms with Crippen LogP contribution in [0.15, 0.2) is 71.4 Å². The summed E-state index contributed by atoms with van der Waals surface area (Å²) >= 11 is 0. The molecule has 0 saturated carbocycles. The zero-order valence-electron chi connectivity index (χ0n) is 18.2. The Morgan fingerprint density at radius 3 is 2.53 bits per heavy atom. The van der Waals surface area contributed by atoms with Gasteiger partial charge in [0.25, 0.3) is 0 Å². The molecule has 4 aromatic rings. The van der Waals surface area contributed by atoms with Gasteiger partial charge in [-0.15, -0.1) is 0 Å². The van der Waals surface area contributed by atoms with Gasteiger partial charge in [0.05, 0.1) is 11.4 Å². The third-order valence-corrected chi connectivity index (χ3v) is 5.11. The molecule has 0 spiro atoms. The maximum atomic E-state index is 12.4. The topological polar surface area (TPSA) is 85.8 Å². The summed E-state index contributed by atoms with van der Waals surface area (Å²) in [5, 5.41) is 11.8. The van der Waals surface area contributed by atoms with E-state index in [1.54, 1.807) is 0 Å². The number of amides is 1. The predicted molar refractivity (Wildman–Crippen MR) is 122 cm³/mol. The summed E-state index contributed by atoms with van der Waals surface area (Å²) < 4.78 is 7.09. The summed E-state index contributed by atoms with van der Waals surface area (Å²) in [7, 11) is 0. The largest absolute Gasteiger partial charge is 0.352 e. The third-order valence-electron chi connectivity index (χ3n) is 5.11. The van der Waals surface area contributed by atoms with Gasteiger partial charge in [-0.2, -0.15) is 10.1 Å². The Morgan fingerprint density at radius 2 is 1.78 bits per heavy atom. The van der Waals surface area contributed by atoms with Crippen molar-refractivity contribution in [1.82, 2.24) is 25.2 Å². The first-order valence-electron chi connectivity index (χ1n) is 11.0. The van der Waals surface area contributed by atoms with Crippen LogP contribution in [0.25, 0.3) is 16.9 Å². The SMILES string of the molecule is CCCc1noc(CCCC(=O)NCc2cn(-c3ccccc3)nc2-c2ccccc2)n1. The Labute approximate surface area is 187 Å². The van der Waals surface area contributed by atoms with Crippen molar-refractivity contribution in [2.45, 2.75) is 45.6 Å². The minimum Gasteiger partial charge on any atom is -0.352 e. The molecule has 164 valence electrons. The lowest BCUT2D eigenvalue weighted by Crippen LogP contribution is -2.22. The Bertz CT molecular complexity index is 1140. The number of hydrogen-bond acceptors (Lipinski definition) is 5. The number of carbonyl (C=O) groups is 1. The lowest BCUT2D eigenvalue weighted by atomic mass is 10.1. The van der Waals surface area contributed by atoms with E-state index in [1.165, 1.54) is 0 Å². The quantitative estimate of drug-likeness (QED) is 0.401. The number of nitrogens with one attached hydrogen (secondary N) is 1. The molecule has 7 nitrogen and oxygen atoms in total. The van der Waals surface area contributed by atoms with Crippen molar-refractivity contribution in [3.05, 3.63) is 84.1 Å². The van der Waals surface area contributed by atoms with Crippen LogP contribution in [0.5, 0.6) is 0 Å². The first-order chi connectivity index (χ1) is 15.7. The van der Waals surface area contributed by atoms with Crippen molar-refractivity contribution in [3.8, 4) is 16.9 Å². The van der Waals surface area contributed by atoms with Crippen LogP contribution in [-0.2, 0) is 24.2 Å². The minimum absolute atomic E-state index is 0.00947. The monoisotopic (exact) mass is 429 g/mol. The molecule has 7 heteroatoms. The van der Waals surface area contributed by atoms with Crippen LogP contribution >= 0.6 is 0 Å². The van der Waals surface area contributed by atoms with Gasteiger partial charge in [-0.1, -0.05) is 60.6 Å². The van der Waals surface area contributed by atoms with Gasteiger partial charge in [0.15, 0.2) is 5.82 Å². The highest BCUT2D eigenvalue weighted by Gasteiger charge is 2.14. The number of carbonyl (C=O) groups excluding carboxylic acids is 1. The smallest absolute Gasteiger partial charge is 0.226 e. The Morgan fingerprint density at radius 1 is 1.03 bits per heavy atom. The molecule has 0 saturated heterocycles. The van der Waals surface area contributed by atoms with Gasteiger partial charge < -0.3 is 9.84 Å². The van der Waals surface area contributed by atoms with E-state index in [0.717, 1.165) is 41.2 Å². The van der Waals surface area contributed by atoms with E-state index in [4.69, 9.17) is 9.62 Å². The van der Waals surface area contributed by atoms with E-state index in [0.29, 0.717) is 31.7 Å². The molecule has 1 N–H and O–H groups in total. The second kappa shape index (κ2) is 10.5. The lowest BCUT2D eigenvalue weighted by molar-refractivity contribution is -0.121. The maximum absolute atomic E-state index is 12.4. The van der Waals surface area contributed by atoms with Crippen LogP contribution < -0.4 is 5.32 Å². The van der Waals surface area contributed by atoms with Gasteiger partial charge in [-0.3, -0.25) is 4.79 Å². The molecule has 2 heterocycles. The summed E-state index contributed by atoms with van der Waals surface area (Å²) in [5.41, 5.74) is 3.83. The van der Waals surface area contributed by atoms with Crippen LogP contribution in [0.4, 0.5) is 0 Å². The second-order valence-corrected chi connectivity index (χ2v) is 7.63. The number of nitrogens with zero attached hydrogens (tertiary/aromatic N) is 4. The van der Waals surface area contributed by atoms with Crippen LogP contribution in [0.2, 0.25) is 0 Å². The van der Waals surface area contributed by atoms with Crippen molar-refractivity contribution >= 4 is 5.91 Å². The van der Waals surface area contributed by atoms with Crippen LogP contribution in [0.3, 0.4) is 0 Å². The van der Waals surface area contributed by atoms with Crippen LogP contribution in [0.1, 0.15) is 43.5 Å². The minimum atomic E-state index is -0.00947. The van der Waals surface area contributed by atoms with E-state index < -0.39 is 0 Å². The molecule has 0 aliphatic rings. The average molecular weight is 430 g/mol. The molecule has 0 bridgehead atoms. The third kappa shape index (κ3) is 5.49. The van der Waals surface area contributed by atoms with Gasteiger partial charge in [0.1, 0.15) is 0 Å². The second-order valence-electron chi connectivity index (χ2n) is 7.63. The van der Waals surface area contributed by atoms with Gasteiger partial charge >= 0.3 is 0 Å². The number of hydrogen-bond donors (Lipinski definition) is 1. The molecular weight excluding hydrogens is 402 g/mol. The molecular formula is C25H27N5O2.